The molecular weight excluding hydrogens is 304 g/mol. The van der Waals surface area contributed by atoms with Crippen LogP contribution in [-0.4, -0.2) is 12.6 Å². The summed E-state index contributed by atoms with van der Waals surface area (Å²) in [6.45, 7) is 4.24. The second-order valence-electron chi connectivity index (χ2n) is 5.84. The third-order valence-corrected chi connectivity index (χ3v) is 5.09. The molecule has 0 spiro atoms. The summed E-state index contributed by atoms with van der Waals surface area (Å²) < 4.78 is 5.42. The normalized spacial score (nSPS) is 13.7. The Bertz CT molecular complexity index is 802. The molecule has 0 saturated carbocycles. The standard InChI is InChI=1S/C20H20O2S/c1-3-22-19(21)20(2,14-16-10-7-13-23-16)18-12-6-9-15-8-4-5-11-17(15)18/h4-13H,3,14H2,1-2H3. The molecule has 0 N–H and O–H groups in total. The first kappa shape index (κ1) is 15.8. The third kappa shape index (κ3) is 3.02. The van der Waals surface area contributed by atoms with Gasteiger partial charge < -0.3 is 4.74 Å². The molecule has 2 nitrogen and oxygen atoms in total. The molecule has 3 rings (SSSR count). The topological polar surface area (TPSA) is 26.3 Å². The SMILES string of the molecule is CCOC(=O)C(C)(Cc1cccs1)c1cccc2ccccc12. The Morgan fingerprint density at radius 3 is 2.61 bits per heavy atom. The van der Waals surface area contributed by atoms with E-state index in [1.165, 1.54) is 4.88 Å². The first-order valence-corrected chi connectivity index (χ1v) is 8.71. The monoisotopic (exact) mass is 324 g/mol. The molecule has 0 aliphatic carbocycles. The number of esters is 1. The first-order valence-electron chi connectivity index (χ1n) is 7.83. The molecule has 1 atom stereocenters. The van der Waals surface area contributed by atoms with Gasteiger partial charge in [-0.3, -0.25) is 4.79 Å². The number of rotatable bonds is 5. The lowest BCUT2D eigenvalue weighted by Gasteiger charge is -2.28. The van der Waals surface area contributed by atoms with Crippen LogP contribution >= 0.6 is 11.3 Å². The Balaban J connectivity index is 2.15. The van der Waals surface area contributed by atoms with Crippen LogP contribution in [0.5, 0.6) is 0 Å². The lowest BCUT2D eigenvalue weighted by atomic mass is 9.77. The second kappa shape index (κ2) is 6.55. The van der Waals surface area contributed by atoms with Gasteiger partial charge in [-0.2, -0.15) is 0 Å². The van der Waals surface area contributed by atoms with E-state index in [1.807, 2.05) is 49.6 Å². The van der Waals surface area contributed by atoms with Crippen molar-refractivity contribution in [3.63, 3.8) is 0 Å². The highest BCUT2D eigenvalue weighted by Crippen LogP contribution is 2.35. The second-order valence-corrected chi connectivity index (χ2v) is 6.87. The molecule has 1 heterocycles. The maximum absolute atomic E-state index is 12.8. The van der Waals surface area contributed by atoms with Gasteiger partial charge in [-0.15, -0.1) is 11.3 Å². The molecule has 0 fully saturated rings. The van der Waals surface area contributed by atoms with Gasteiger partial charge in [0.25, 0.3) is 0 Å². The van der Waals surface area contributed by atoms with Crippen LogP contribution in [0.2, 0.25) is 0 Å². The Morgan fingerprint density at radius 2 is 1.87 bits per heavy atom. The number of carbonyl (C=O) groups is 1. The van der Waals surface area contributed by atoms with Crippen molar-refractivity contribution in [1.29, 1.82) is 0 Å². The summed E-state index contributed by atoms with van der Waals surface area (Å²) in [5.74, 6) is -0.162. The molecule has 118 valence electrons. The summed E-state index contributed by atoms with van der Waals surface area (Å²) in [5.41, 5.74) is 0.337. The van der Waals surface area contributed by atoms with Gasteiger partial charge in [0.05, 0.1) is 12.0 Å². The van der Waals surface area contributed by atoms with E-state index in [1.54, 1.807) is 11.3 Å². The highest BCUT2D eigenvalue weighted by molar-refractivity contribution is 7.09. The molecule has 23 heavy (non-hydrogen) atoms. The van der Waals surface area contributed by atoms with Crippen molar-refractivity contribution in [3.05, 3.63) is 70.4 Å². The molecule has 1 aromatic heterocycles. The van der Waals surface area contributed by atoms with Crippen LogP contribution in [-0.2, 0) is 21.4 Å². The quantitative estimate of drug-likeness (QED) is 0.620. The van der Waals surface area contributed by atoms with Gasteiger partial charge in [0.15, 0.2) is 0 Å². The maximum Gasteiger partial charge on any atom is 0.316 e. The molecule has 0 amide bonds. The maximum atomic E-state index is 12.8. The summed E-state index contributed by atoms with van der Waals surface area (Å²) in [7, 11) is 0. The van der Waals surface area contributed by atoms with Gasteiger partial charge in [0.2, 0.25) is 0 Å². The number of hydrogen-bond acceptors (Lipinski definition) is 3. The van der Waals surface area contributed by atoms with Crippen molar-refractivity contribution >= 4 is 28.1 Å². The molecular formula is C20H20O2S. The van der Waals surface area contributed by atoms with Crippen molar-refractivity contribution in [3.8, 4) is 0 Å². The number of fused-ring (bicyclic) bond motifs is 1. The van der Waals surface area contributed by atoms with Gasteiger partial charge in [-0.25, -0.2) is 0 Å². The van der Waals surface area contributed by atoms with Crippen LogP contribution in [0, 0.1) is 0 Å². The number of hydrogen-bond donors (Lipinski definition) is 0. The molecule has 0 aliphatic rings. The van der Waals surface area contributed by atoms with Gasteiger partial charge in [-0.1, -0.05) is 48.5 Å². The molecule has 2 aromatic carbocycles. The van der Waals surface area contributed by atoms with Crippen LogP contribution in [0.25, 0.3) is 10.8 Å². The summed E-state index contributed by atoms with van der Waals surface area (Å²) in [5, 5.41) is 4.30. The molecule has 0 aliphatic heterocycles. The van der Waals surface area contributed by atoms with Crippen LogP contribution in [0.3, 0.4) is 0 Å². The van der Waals surface area contributed by atoms with Gasteiger partial charge in [0, 0.05) is 11.3 Å². The van der Waals surface area contributed by atoms with Crippen LogP contribution in [0.15, 0.2) is 60.0 Å². The average Bonchev–Trinajstić information content (AvgIpc) is 3.07. The molecule has 3 heteroatoms. The Hall–Kier alpha value is -2.13. The Kier molecular flexibility index (Phi) is 4.49. The first-order chi connectivity index (χ1) is 11.1. The number of thiophene rings is 1. The smallest absolute Gasteiger partial charge is 0.316 e. The predicted octanol–water partition coefficient (Wildman–Crippen LogP) is 4.96. The number of benzene rings is 2. The fourth-order valence-corrected chi connectivity index (χ4v) is 3.90. The molecule has 0 saturated heterocycles. The summed E-state index contributed by atoms with van der Waals surface area (Å²) in [6.07, 6.45) is 0.650. The van der Waals surface area contributed by atoms with E-state index in [2.05, 4.69) is 24.3 Å². The Morgan fingerprint density at radius 1 is 1.09 bits per heavy atom. The van der Waals surface area contributed by atoms with E-state index < -0.39 is 5.41 Å². The minimum atomic E-state index is -0.693. The van der Waals surface area contributed by atoms with E-state index >= 15 is 0 Å². The van der Waals surface area contributed by atoms with Crippen molar-refractivity contribution in [2.24, 2.45) is 0 Å². The van der Waals surface area contributed by atoms with Crippen molar-refractivity contribution in [1.82, 2.24) is 0 Å². The highest BCUT2D eigenvalue weighted by Gasteiger charge is 2.38. The Labute approximate surface area is 140 Å². The zero-order valence-corrected chi connectivity index (χ0v) is 14.2. The van der Waals surface area contributed by atoms with Crippen molar-refractivity contribution in [2.75, 3.05) is 6.61 Å². The molecule has 0 bridgehead atoms. The zero-order valence-electron chi connectivity index (χ0n) is 13.4. The highest BCUT2D eigenvalue weighted by atomic mass is 32.1. The predicted molar refractivity (Wildman–Crippen MR) is 96.0 cm³/mol. The van der Waals surface area contributed by atoms with Crippen LogP contribution in [0.4, 0.5) is 0 Å². The van der Waals surface area contributed by atoms with Crippen LogP contribution in [0.1, 0.15) is 24.3 Å². The number of carbonyl (C=O) groups excluding carboxylic acids is 1. The summed E-state index contributed by atoms with van der Waals surface area (Å²) >= 11 is 1.68. The number of ether oxygens (including phenoxy) is 1. The van der Waals surface area contributed by atoms with E-state index in [0.717, 1.165) is 16.3 Å². The fourth-order valence-electron chi connectivity index (χ4n) is 3.04. The lowest BCUT2D eigenvalue weighted by Crippen LogP contribution is -2.36. The summed E-state index contributed by atoms with van der Waals surface area (Å²) in [6, 6.07) is 18.4. The average molecular weight is 324 g/mol. The minimum absolute atomic E-state index is 0.162. The van der Waals surface area contributed by atoms with E-state index in [0.29, 0.717) is 13.0 Å². The molecule has 3 aromatic rings. The van der Waals surface area contributed by atoms with E-state index in [-0.39, 0.29) is 5.97 Å². The molecule has 0 radical (unpaired) electrons. The zero-order chi connectivity index (χ0) is 16.3. The third-order valence-electron chi connectivity index (χ3n) is 4.22. The molecule has 1 unspecified atom stereocenters. The van der Waals surface area contributed by atoms with Crippen LogP contribution < -0.4 is 0 Å². The van der Waals surface area contributed by atoms with E-state index in [9.17, 15) is 4.79 Å². The lowest BCUT2D eigenvalue weighted by molar-refractivity contribution is -0.149. The van der Waals surface area contributed by atoms with Gasteiger partial charge >= 0.3 is 5.97 Å². The van der Waals surface area contributed by atoms with Gasteiger partial charge in [0.1, 0.15) is 0 Å². The summed E-state index contributed by atoms with van der Waals surface area (Å²) in [4.78, 5) is 14.0. The minimum Gasteiger partial charge on any atom is -0.465 e. The van der Waals surface area contributed by atoms with Crippen molar-refractivity contribution in [2.45, 2.75) is 25.7 Å². The van der Waals surface area contributed by atoms with Crippen molar-refractivity contribution < 1.29 is 9.53 Å². The van der Waals surface area contributed by atoms with Gasteiger partial charge in [-0.05, 0) is 41.6 Å². The largest absolute Gasteiger partial charge is 0.465 e. The fraction of sp³-hybridized carbons (Fsp3) is 0.250. The van der Waals surface area contributed by atoms with E-state index in [4.69, 9.17) is 4.74 Å².